The van der Waals surface area contributed by atoms with Crippen LogP contribution in [0, 0.1) is 18.2 Å². The van der Waals surface area contributed by atoms with Crippen molar-refractivity contribution in [2.75, 3.05) is 44.8 Å². The zero-order valence-corrected chi connectivity index (χ0v) is 21.0. The standard InChI is InChI=1S/C26H34FN3O6/c1-15-7-24(28-9-20(15)27)29-10-18(11-29)36-23-8-17(5-6-22(23)35-4)19-12-30(25(34)21(33)13-31)14-26(19,3)16(2)32/h5-9,16,18-19,21,31-33H,10-14H2,1-4H3/t16-,19+,21+,26+/m1/s1. The summed E-state index contributed by atoms with van der Waals surface area (Å²) in [6, 6.07) is 7.29. The summed E-state index contributed by atoms with van der Waals surface area (Å²) in [5.74, 6) is 0.684. The van der Waals surface area contributed by atoms with E-state index in [9.17, 15) is 24.5 Å². The Morgan fingerprint density at radius 3 is 2.58 bits per heavy atom. The first-order chi connectivity index (χ1) is 17.1. The van der Waals surface area contributed by atoms with Crippen LogP contribution in [0.2, 0.25) is 0 Å². The van der Waals surface area contributed by atoms with Crippen LogP contribution in [0.15, 0.2) is 30.5 Å². The van der Waals surface area contributed by atoms with Crippen molar-refractivity contribution < 1.29 is 34.0 Å². The first kappa shape index (κ1) is 26.1. The molecule has 1 amide bonds. The number of aliphatic hydroxyl groups is 3. The van der Waals surface area contributed by atoms with E-state index in [0.717, 1.165) is 5.56 Å². The summed E-state index contributed by atoms with van der Waals surface area (Å²) < 4.78 is 25.3. The van der Waals surface area contributed by atoms with Gasteiger partial charge in [0.2, 0.25) is 0 Å². The molecule has 0 radical (unpaired) electrons. The Morgan fingerprint density at radius 1 is 1.25 bits per heavy atom. The Labute approximate surface area is 210 Å². The fourth-order valence-electron chi connectivity index (χ4n) is 4.96. The molecule has 9 nitrogen and oxygen atoms in total. The molecule has 0 aliphatic carbocycles. The third kappa shape index (κ3) is 4.85. The van der Waals surface area contributed by atoms with E-state index in [-0.39, 0.29) is 30.9 Å². The number of aromatic nitrogens is 1. The van der Waals surface area contributed by atoms with Gasteiger partial charge in [-0.3, -0.25) is 4.79 Å². The molecular weight excluding hydrogens is 469 g/mol. The Hall–Kier alpha value is -2.95. The maximum Gasteiger partial charge on any atom is 0.253 e. The molecule has 2 aromatic rings. The second kappa shape index (κ2) is 10.2. The van der Waals surface area contributed by atoms with Gasteiger partial charge in [0, 0.05) is 24.4 Å². The number of aryl methyl sites for hydroxylation is 1. The maximum absolute atomic E-state index is 13.5. The fraction of sp³-hybridized carbons (Fsp3) is 0.538. The number of hydrogen-bond acceptors (Lipinski definition) is 8. The number of anilines is 1. The second-order valence-corrected chi connectivity index (χ2v) is 10.00. The Bertz CT molecular complexity index is 1110. The molecule has 0 bridgehead atoms. The molecule has 0 spiro atoms. The number of aliphatic hydroxyl groups excluding tert-OH is 3. The number of ether oxygens (including phenoxy) is 2. The van der Waals surface area contributed by atoms with Gasteiger partial charge in [0.05, 0.1) is 39.1 Å². The summed E-state index contributed by atoms with van der Waals surface area (Å²) in [5.41, 5.74) is 0.737. The first-order valence-electron chi connectivity index (χ1n) is 12.0. The number of amides is 1. The number of nitrogens with zero attached hydrogens (tertiary/aromatic N) is 3. The van der Waals surface area contributed by atoms with E-state index in [1.165, 1.54) is 11.1 Å². The molecule has 1 aromatic carbocycles. The van der Waals surface area contributed by atoms with E-state index >= 15 is 0 Å². The highest BCUT2D eigenvalue weighted by Crippen LogP contribution is 2.47. The summed E-state index contributed by atoms with van der Waals surface area (Å²) in [5, 5.41) is 29.7. The molecule has 1 aromatic heterocycles. The van der Waals surface area contributed by atoms with Crippen molar-refractivity contribution in [3.05, 3.63) is 47.4 Å². The number of hydrogen-bond donors (Lipinski definition) is 3. The van der Waals surface area contributed by atoms with Gasteiger partial charge in [0.1, 0.15) is 17.7 Å². The van der Waals surface area contributed by atoms with Crippen LogP contribution in [0.25, 0.3) is 0 Å². The number of carbonyl (C=O) groups excluding carboxylic acids is 1. The van der Waals surface area contributed by atoms with E-state index in [4.69, 9.17) is 9.47 Å². The number of likely N-dealkylation sites (tertiary alicyclic amines) is 1. The van der Waals surface area contributed by atoms with Crippen LogP contribution in [-0.4, -0.2) is 89.3 Å². The van der Waals surface area contributed by atoms with Crippen molar-refractivity contribution in [1.29, 1.82) is 0 Å². The molecule has 2 aliphatic rings. The van der Waals surface area contributed by atoms with Crippen molar-refractivity contribution in [2.45, 2.75) is 45.0 Å². The van der Waals surface area contributed by atoms with Crippen LogP contribution in [0.1, 0.15) is 30.9 Å². The SMILES string of the molecule is COc1ccc([C@@H]2CN(C(=O)[C@@H](O)CO)C[C@@]2(C)[C@@H](C)O)cc1OC1CN(c2cc(C)c(F)cn2)C1. The molecule has 10 heteroatoms. The van der Waals surface area contributed by atoms with Gasteiger partial charge < -0.3 is 34.6 Å². The largest absolute Gasteiger partial charge is 0.493 e. The normalized spacial score (nSPS) is 23.8. The molecule has 36 heavy (non-hydrogen) atoms. The van der Waals surface area contributed by atoms with E-state index in [0.29, 0.717) is 36.0 Å². The molecule has 2 fully saturated rings. The lowest BCUT2D eigenvalue weighted by Crippen LogP contribution is -2.54. The van der Waals surface area contributed by atoms with Crippen molar-refractivity contribution in [3.63, 3.8) is 0 Å². The highest BCUT2D eigenvalue weighted by atomic mass is 19.1. The van der Waals surface area contributed by atoms with Gasteiger partial charge in [-0.2, -0.15) is 0 Å². The van der Waals surface area contributed by atoms with Crippen LogP contribution in [0.3, 0.4) is 0 Å². The van der Waals surface area contributed by atoms with Crippen molar-refractivity contribution >= 4 is 11.7 Å². The molecule has 4 rings (SSSR count). The third-order valence-electron chi connectivity index (χ3n) is 7.54. The fourth-order valence-corrected chi connectivity index (χ4v) is 4.96. The topological polar surface area (TPSA) is 116 Å². The van der Waals surface area contributed by atoms with Crippen molar-refractivity contribution in [1.82, 2.24) is 9.88 Å². The number of benzene rings is 1. The Kier molecular flexibility index (Phi) is 7.40. The van der Waals surface area contributed by atoms with Gasteiger partial charge in [-0.25, -0.2) is 9.37 Å². The van der Waals surface area contributed by atoms with Gasteiger partial charge in [0.15, 0.2) is 17.6 Å². The molecule has 3 heterocycles. The summed E-state index contributed by atoms with van der Waals surface area (Å²) in [4.78, 5) is 20.2. The van der Waals surface area contributed by atoms with Crippen molar-refractivity contribution in [3.8, 4) is 11.5 Å². The van der Waals surface area contributed by atoms with Gasteiger partial charge in [-0.1, -0.05) is 13.0 Å². The molecular formula is C26H34FN3O6. The number of pyridine rings is 1. The number of rotatable bonds is 8. The lowest BCUT2D eigenvalue weighted by Gasteiger charge is -2.40. The predicted molar refractivity (Wildman–Crippen MR) is 131 cm³/mol. The van der Waals surface area contributed by atoms with E-state index in [1.54, 1.807) is 27.0 Å². The molecule has 3 N–H and O–H groups in total. The average Bonchev–Trinajstić information content (AvgIpc) is 3.20. The molecule has 196 valence electrons. The minimum Gasteiger partial charge on any atom is -0.493 e. The zero-order valence-electron chi connectivity index (χ0n) is 21.0. The first-order valence-corrected chi connectivity index (χ1v) is 12.0. The number of carbonyl (C=O) groups is 1. The van der Waals surface area contributed by atoms with Crippen LogP contribution >= 0.6 is 0 Å². The smallest absolute Gasteiger partial charge is 0.253 e. The van der Waals surface area contributed by atoms with Gasteiger partial charge in [0.25, 0.3) is 5.91 Å². The lowest BCUT2D eigenvalue weighted by atomic mass is 9.72. The van der Waals surface area contributed by atoms with Gasteiger partial charge in [-0.05, 0) is 43.2 Å². The van der Waals surface area contributed by atoms with Crippen LogP contribution in [-0.2, 0) is 4.79 Å². The Balaban J connectivity index is 1.52. The zero-order chi connectivity index (χ0) is 26.2. The van der Waals surface area contributed by atoms with Crippen LogP contribution in [0.5, 0.6) is 11.5 Å². The average molecular weight is 504 g/mol. The molecule has 4 atom stereocenters. The van der Waals surface area contributed by atoms with Gasteiger partial charge >= 0.3 is 0 Å². The Morgan fingerprint density at radius 2 is 1.97 bits per heavy atom. The third-order valence-corrected chi connectivity index (χ3v) is 7.54. The summed E-state index contributed by atoms with van der Waals surface area (Å²) in [7, 11) is 1.56. The number of methoxy groups -OCH3 is 1. The summed E-state index contributed by atoms with van der Waals surface area (Å²) in [6.45, 7) is 6.35. The minimum absolute atomic E-state index is 0.120. The lowest BCUT2D eigenvalue weighted by molar-refractivity contribution is -0.141. The quantitative estimate of drug-likeness (QED) is 0.496. The highest BCUT2D eigenvalue weighted by Gasteiger charge is 2.49. The van der Waals surface area contributed by atoms with E-state index in [1.807, 2.05) is 30.0 Å². The van der Waals surface area contributed by atoms with Crippen LogP contribution < -0.4 is 14.4 Å². The molecule has 2 saturated heterocycles. The molecule has 0 unspecified atom stereocenters. The molecule has 0 saturated carbocycles. The summed E-state index contributed by atoms with van der Waals surface area (Å²) >= 11 is 0. The number of halogens is 1. The van der Waals surface area contributed by atoms with E-state index in [2.05, 4.69) is 4.98 Å². The second-order valence-electron chi connectivity index (χ2n) is 10.00. The highest BCUT2D eigenvalue weighted by molar-refractivity contribution is 5.81. The van der Waals surface area contributed by atoms with Crippen molar-refractivity contribution in [2.24, 2.45) is 5.41 Å². The summed E-state index contributed by atoms with van der Waals surface area (Å²) in [6.07, 6.45) is -1.12. The predicted octanol–water partition coefficient (Wildman–Crippen LogP) is 1.47. The monoisotopic (exact) mass is 503 g/mol. The minimum atomic E-state index is -1.49. The van der Waals surface area contributed by atoms with Gasteiger partial charge in [-0.15, -0.1) is 0 Å². The molecule has 2 aliphatic heterocycles. The van der Waals surface area contributed by atoms with Crippen LogP contribution in [0.4, 0.5) is 10.2 Å². The maximum atomic E-state index is 13.5. The van der Waals surface area contributed by atoms with E-state index < -0.39 is 30.1 Å².